The Hall–Kier alpha value is -11.7. The minimum absolute atomic E-state index is 0.0319. The molecule has 0 heterocycles. The maximum atomic E-state index is 5.84. The number of anilines is 11. The lowest BCUT2D eigenvalue weighted by Gasteiger charge is -2.37. The van der Waals surface area contributed by atoms with Gasteiger partial charge >= 0.3 is 0 Å². The van der Waals surface area contributed by atoms with E-state index in [1.54, 1.807) is 14.2 Å². The van der Waals surface area contributed by atoms with Gasteiger partial charge in [0.1, 0.15) is 23.0 Å². The quantitative estimate of drug-likeness (QED) is 0.0705. The van der Waals surface area contributed by atoms with E-state index in [4.69, 9.17) is 18.9 Å². The van der Waals surface area contributed by atoms with E-state index in [0.717, 1.165) is 113 Å². The van der Waals surface area contributed by atoms with E-state index >= 15 is 0 Å². The molecule has 0 aromatic heterocycles. The highest BCUT2D eigenvalue weighted by Gasteiger charge is 2.27. The third-order valence-electron chi connectivity index (χ3n) is 17.9. The summed E-state index contributed by atoms with van der Waals surface area (Å²) in [5.41, 5.74) is 18.6. The molecule has 1 aliphatic rings. The van der Waals surface area contributed by atoms with Gasteiger partial charge in [0, 0.05) is 62.0 Å². The second-order valence-electron chi connectivity index (χ2n) is 23.7. The summed E-state index contributed by atoms with van der Waals surface area (Å²) in [7, 11) is 3.42. The number of benzene rings is 13. The van der Waals surface area contributed by atoms with Crippen LogP contribution in [-0.4, -0.2) is 33.5 Å². The van der Waals surface area contributed by atoms with E-state index in [-0.39, 0.29) is 12.0 Å². The summed E-state index contributed by atoms with van der Waals surface area (Å²) in [4.78, 5) is 9.41. The van der Waals surface area contributed by atoms with Gasteiger partial charge in [0.25, 0.3) is 0 Å². The van der Waals surface area contributed by atoms with Crippen LogP contribution in [0.15, 0.2) is 322 Å². The zero-order valence-corrected chi connectivity index (χ0v) is 54.1. The molecule has 1 aliphatic carbocycles. The molecule has 95 heavy (non-hydrogen) atoms. The average Bonchev–Trinajstić information content (AvgIpc) is 0.883. The van der Waals surface area contributed by atoms with Crippen LogP contribution in [0.4, 0.5) is 62.6 Å². The van der Waals surface area contributed by atoms with Gasteiger partial charge in [-0.25, -0.2) is 0 Å². The average molecular weight is 1240 g/mol. The number of methoxy groups -OCH3 is 2. The molecule has 0 radical (unpaired) electrons. The van der Waals surface area contributed by atoms with Gasteiger partial charge in [-0.15, -0.1) is 0 Å². The molecule has 13 aromatic carbocycles. The highest BCUT2D eigenvalue weighted by Crippen LogP contribution is 2.45. The van der Waals surface area contributed by atoms with Gasteiger partial charge in [-0.3, -0.25) is 0 Å². The molecule has 0 spiro atoms. The number of fused-ring (bicyclic) bond motifs is 2. The van der Waals surface area contributed by atoms with Gasteiger partial charge in [-0.2, -0.15) is 0 Å². The summed E-state index contributed by atoms with van der Waals surface area (Å²) < 4.78 is 22.9. The largest absolute Gasteiger partial charge is 0.497 e. The zero-order chi connectivity index (χ0) is 64.6. The molecule has 0 N–H and O–H groups in total. The molecule has 2 unspecified atom stereocenters. The molecule has 13 aromatic rings. The van der Waals surface area contributed by atoms with E-state index < -0.39 is 0 Å². The Bertz CT molecular complexity index is 4790. The van der Waals surface area contributed by atoms with Gasteiger partial charge in [0.05, 0.1) is 44.8 Å². The fourth-order valence-electron chi connectivity index (χ4n) is 13.1. The van der Waals surface area contributed by atoms with Crippen LogP contribution in [0.1, 0.15) is 26.3 Å². The minimum Gasteiger partial charge on any atom is -0.497 e. The normalized spacial score (nSPS) is 13.4. The Morgan fingerprint density at radius 1 is 0.305 bits per heavy atom. The standard InChI is InChI=1S/C87H74N4O4/c1-6-94-81-55-47-77(48-56-81)90(86-20-12-16-67-14-8-10-18-83(67)86)74-39-28-65(29-40-74)63-24-35-71(36-25-63)88(72-43-51-79(92-4)52-44-72)70-33-22-62(23-34-70)64-26-37-73(38-27-64)89(76-45-53-80(93-5)54-46-76)85-59-32-69(60-61(85)3)66-30-41-75(42-31-66)91(78-49-57-82(58-50-78)95-7-2)87-21-13-17-68-15-9-11-19-84(68)87/h8-61,85H,6-7H2,1-5H3. The summed E-state index contributed by atoms with van der Waals surface area (Å²) in [6.45, 7) is 7.58. The molecule has 8 heteroatoms. The lowest BCUT2D eigenvalue weighted by Crippen LogP contribution is -2.35. The summed E-state index contributed by atoms with van der Waals surface area (Å²) in [6, 6.07) is 108. The first-order chi connectivity index (χ1) is 46.8. The van der Waals surface area contributed by atoms with Crippen molar-refractivity contribution in [3.05, 3.63) is 327 Å². The predicted octanol–water partition coefficient (Wildman–Crippen LogP) is 23.3. The van der Waals surface area contributed by atoms with E-state index in [2.05, 4.69) is 312 Å². The van der Waals surface area contributed by atoms with Crippen LogP contribution in [0, 0.1) is 5.92 Å². The summed E-state index contributed by atoms with van der Waals surface area (Å²) in [5, 5.41) is 4.75. The smallest absolute Gasteiger partial charge is 0.119 e. The summed E-state index contributed by atoms with van der Waals surface area (Å²) in [6.07, 6.45) is 7.06. The van der Waals surface area contributed by atoms with E-state index in [0.29, 0.717) is 13.2 Å². The van der Waals surface area contributed by atoms with Crippen LogP contribution in [0.25, 0.3) is 49.4 Å². The van der Waals surface area contributed by atoms with Crippen molar-refractivity contribution in [1.29, 1.82) is 0 Å². The van der Waals surface area contributed by atoms with Crippen LogP contribution in [-0.2, 0) is 0 Å². The fraction of sp³-hybridized carbons (Fsp3) is 0.103. The van der Waals surface area contributed by atoms with Crippen molar-refractivity contribution in [2.24, 2.45) is 5.92 Å². The SMILES string of the molecule is CCOc1ccc(N(c2ccc(C3=CC(C)C(N(c4ccc(OC)cc4)c4ccc(-c5ccc(N(c6ccc(OC)cc6)c6ccc(-c7ccc(N(c8ccc(OCC)cc8)c8cccc9ccccc89)cc7)cc6)cc5)cc4)C=C3)cc2)c2cccc3ccccc23)cc1. The van der Waals surface area contributed by atoms with Gasteiger partial charge in [-0.1, -0.05) is 159 Å². The Balaban J connectivity index is 0.713. The minimum atomic E-state index is 0.0319. The Morgan fingerprint density at radius 2 is 0.611 bits per heavy atom. The number of ether oxygens (including phenoxy) is 4. The molecule has 2 atom stereocenters. The van der Waals surface area contributed by atoms with Crippen molar-refractivity contribution in [2.45, 2.75) is 26.8 Å². The third-order valence-corrected chi connectivity index (χ3v) is 17.9. The molecule has 8 nitrogen and oxygen atoms in total. The maximum absolute atomic E-state index is 5.84. The van der Waals surface area contributed by atoms with Crippen molar-refractivity contribution >= 4 is 89.7 Å². The Labute approximate surface area is 557 Å². The van der Waals surface area contributed by atoms with Crippen LogP contribution in [0.2, 0.25) is 0 Å². The molecule has 466 valence electrons. The number of allylic oxidation sites excluding steroid dienone is 2. The number of nitrogens with zero attached hydrogens (tertiary/aromatic N) is 4. The second kappa shape index (κ2) is 27.6. The number of hydrogen-bond acceptors (Lipinski definition) is 8. The third kappa shape index (κ3) is 12.8. The molecule has 0 amide bonds. The Morgan fingerprint density at radius 3 is 0.968 bits per heavy atom. The zero-order valence-electron chi connectivity index (χ0n) is 54.1. The monoisotopic (exact) mass is 1240 g/mol. The molecular formula is C87H74N4O4. The topological polar surface area (TPSA) is 49.9 Å². The maximum Gasteiger partial charge on any atom is 0.119 e. The van der Waals surface area contributed by atoms with E-state index in [1.165, 1.54) is 27.1 Å². The van der Waals surface area contributed by atoms with E-state index in [1.807, 2.05) is 50.2 Å². The molecule has 0 aliphatic heterocycles. The van der Waals surface area contributed by atoms with Crippen LogP contribution in [0.5, 0.6) is 23.0 Å². The first-order valence-corrected chi connectivity index (χ1v) is 32.6. The lowest BCUT2D eigenvalue weighted by atomic mass is 9.88. The molecule has 0 saturated carbocycles. The van der Waals surface area contributed by atoms with Crippen molar-refractivity contribution in [1.82, 2.24) is 0 Å². The molecular weight excluding hydrogens is 1160 g/mol. The van der Waals surface area contributed by atoms with Crippen molar-refractivity contribution in [2.75, 3.05) is 47.0 Å². The van der Waals surface area contributed by atoms with Gasteiger partial charge in [0.2, 0.25) is 0 Å². The van der Waals surface area contributed by atoms with Gasteiger partial charge < -0.3 is 38.5 Å². The molecule has 0 bridgehead atoms. The first kappa shape index (κ1) is 60.8. The molecule has 0 fully saturated rings. The summed E-state index contributed by atoms with van der Waals surface area (Å²) in [5.74, 6) is 3.49. The predicted molar refractivity (Wildman–Crippen MR) is 397 cm³/mol. The highest BCUT2D eigenvalue weighted by atomic mass is 16.5. The second-order valence-corrected chi connectivity index (χ2v) is 23.7. The molecule has 14 rings (SSSR count). The highest BCUT2D eigenvalue weighted by molar-refractivity contribution is 6.00. The number of rotatable bonds is 21. The molecule has 0 saturated heterocycles. The van der Waals surface area contributed by atoms with Gasteiger partial charge in [-0.05, 0) is 234 Å². The first-order valence-electron chi connectivity index (χ1n) is 32.6. The summed E-state index contributed by atoms with van der Waals surface area (Å²) >= 11 is 0. The van der Waals surface area contributed by atoms with Gasteiger partial charge in [0.15, 0.2) is 0 Å². The van der Waals surface area contributed by atoms with Crippen molar-refractivity contribution < 1.29 is 18.9 Å². The lowest BCUT2D eigenvalue weighted by molar-refractivity contribution is 0.340. The van der Waals surface area contributed by atoms with E-state index in [9.17, 15) is 0 Å². The van der Waals surface area contributed by atoms with Crippen molar-refractivity contribution in [3.8, 4) is 45.3 Å². The van der Waals surface area contributed by atoms with Crippen LogP contribution >= 0.6 is 0 Å². The van der Waals surface area contributed by atoms with Crippen molar-refractivity contribution in [3.63, 3.8) is 0 Å². The van der Waals surface area contributed by atoms with Crippen LogP contribution < -0.4 is 38.5 Å². The van der Waals surface area contributed by atoms with Crippen LogP contribution in [0.3, 0.4) is 0 Å². The fourth-order valence-corrected chi connectivity index (χ4v) is 13.1. The Kier molecular flexibility index (Phi) is 17.7. The number of hydrogen-bond donors (Lipinski definition) is 0.